The standard InChI is InChI=1S/C30H23NO7/c1-35-21-12-14-23-24-15-13-22(17-26(24)38-28(32)25(23)16-21)37-29(33)27(20-10-6-3-7-11-20)31-30(34)36-18-19-8-4-2-5-9-19/h2-17,27H,18H2,1H3,(H,31,34)/t27-/m0/s1. The molecule has 1 N–H and O–H groups in total. The normalized spacial score (nSPS) is 11.6. The number of fused-ring (bicyclic) bond motifs is 3. The minimum atomic E-state index is -1.13. The quantitative estimate of drug-likeness (QED) is 0.133. The summed E-state index contributed by atoms with van der Waals surface area (Å²) in [5, 5.41) is 4.31. The first-order chi connectivity index (χ1) is 18.5. The van der Waals surface area contributed by atoms with Gasteiger partial charge in [0, 0.05) is 16.8 Å². The monoisotopic (exact) mass is 509 g/mol. The van der Waals surface area contributed by atoms with Crippen LogP contribution in [0.25, 0.3) is 21.7 Å². The largest absolute Gasteiger partial charge is 0.497 e. The molecule has 0 aliphatic heterocycles. The Morgan fingerprint density at radius 1 is 0.816 bits per heavy atom. The Hall–Kier alpha value is -5.11. The summed E-state index contributed by atoms with van der Waals surface area (Å²) in [6.45, 7) is 0.0484. The van der Waals surface area contributed by atoms with Crippen molar-refractivity contribution in [2.24, 2.45) is 0 Å². The van der Waals surface area contributed by atoms with Crippen LogP contribution in [0.1, 0.15) is 17.2 Å². The van der Waals surface area contributed by atoms with Gasteiger partial charge in [-0.25, -0.2) is 14.4 Å². The average molecular weight is 510 g/mol. The van der Waals surface area contributed by atoms with Gasteiger partial charge in [0.25, 0.3) is 0 Å². The van der Waals surface area contributed by atoms with E-state index in [0.29, 0.717) is 27.5 Å². The van der Waals surface area contributed by atoms with Crippen LogP contribution in [0.3, 0.4) is 0 Å². The average Bonchev–Trinajstić information content (AvgIpc) is 2.95. The first-order valence-electron chi connectivity index (χ1n) is 11.8. The van der Waals surface area contributed by atoms with Gasteiger partial charge in [0.05, 0.1) is 12.5 Å². The van der Waals surface area contributed by atoms with Gasteiger partial charge in [-0.15, -0.1) is 0 Å². The summed E-state index contributed by atoms with van der Waals surface area (Å²) < 4.78 is 21.6. The van der Waals surface area contributed by atoms with E-state index >= 15 is 0 Å². The lowest BCUT2D eigenvalue weighted by Gasteiger charge is -2.18. The molecule has 0 spiro atoms. The zero-order valence-corrected chi connectivity index (χ0v) is 20.4. The fraction of sp³-hybridized carbons (Fsp3) is 0.100. The molecule has 0 saturated heterocycles. The Morgan fingerprint density at radius 2 is 1.50 bits per heavy atom. The molecule has 0 bridgehead atoms. The minimum Gasteiger partial charge on any atom is -0.497 e. The molecule has 5 rings (SSSR count). The molecule has 0 aliphatic rings. The molecule has 0 fully saturated rings. The molecule has 8 nitrogen and oxygen atoms in total. The van der Waals surface area contributed by atoms with E-state index in [1.165, 1.54) is 13.2 Å². The van der Waals surface area contributed by atoms with Gasteiger partial charge in [0.15, 0.2) is 6.04 Å². The number of nitrogens with one attached hydrogen (secondary N) is 1. The number of rotatable bonds is 7. The van der Waals surface area contributed by atoms with Gasteiger partial charge in [0.2, 0.25) is 0 Å². The summed E-state index contributed by atoms with van der Waals surface area (Å²) in [7, 11) is 1.52. The summed E-state index contributed by atoms with van der Waals surface area (Å²) in [6.07, 6.45) is -0.772. The van der Waals surface area contributed by atoms with Crippen LogP contribution in [0.15, 0.2) is 106 Å². The number of esters is 1. The van der Waals surface area contributed by atoms with E-state index < -0.39 is 23.7 Å². The third kappa shape index (κ3) is 5.34. The summed E-state index contributed by atoms with van der Waals surface area (Å²) in [6, 6.07) is 26.7. The second-order valence-corrected chi connectivity index (χ2v) is 8.43. The smallest absolute Gasteiger partial charge is 0.408 e. The van der Waals surface area contributed by atoms with Gasteiger partial charge < -0.3 is 23.9 Å². The molecule has 0 unspecified atom stereocenters. The molecule has 1 amide bonds. The fourth-order valence-electron chi connectivity index (χ4n) is 4.06. The molecule has 0 saturated carbocycles. The molecule has 1 heterocycles. The van der Waals surface area contributed by atoms with Gasteiger partial charge in [0.1, 0.15) is 23.7 Å². The summed E-state index contributed by atoms with van der Waals surface area (Å²) in [5.41, 5.74) is 1.04. The van der Waals surface area contributed by atoms with E-state index in [1.54, 1.807) is 60.7 Å². The van der Waals surface area contributed by atoms with Crippen LogP contribution in [0.4, 0.5) is 4.79 Å². The number of carbonyl (C=O) groups excluding carboxylic acids is 2. The Labute approximate surface area is 217 Å². The third-order valence-electron chi connectivity index (χ3n) is 5.95. The first kappa shape index (κ1) is 24.6. The SMILES string of the molecule is COc1ccc2c(c1)c(=O)oc1cc(OC(=O)[C@@H](NC(=O)OCc3ccccc3)c3ccccc3)ccc12. The van der Waals surface area contributed by atoms with E-state index in [4.69, 9.17) is 18.6 Å². The lowest BCUT2D eigenvalue weighted by atomic mass is 10.1. The molecule has 8 heteroatoms. The molecular weight excluding hydrogens is 486 g/mol. The molecule has 1 atom stereocenters. The van der Waals surface area contributed by atoms with E-state index in [9.17, 15) is 14.4 Å². The number of methoxy groups -OCH3 is 1. The molecule has 0 radical (unpaired) electrons. The van der Waals surface area contributed by atoms with Crippen LogP contribution < -0.4 is 20.4 Å². The van der Waals surface area contributed by atoms with Crippen molar-refractivity contribution in [3.05, 3.63) is 119 Å². The molecular formula is C30H23NO7. The number of hydrogen-bond acceptors (Lipinski definition) is 7. The zero-order chi connectivity index (χ0) is 26.5. The molecule has 190 valence electrons. The number of benzene rings is 4. The van der Waals surface area contributed by atoms with E-state index in [-0.39, 0.29) is 17.9 Å². The van der Waals surface area contributed by atoms with Crippen molar-refractivity contribution in [2.45, 2.75) is 12.6 Å². The Bertz CT molecular complexity index is 1660. The van der Waals surface area contributed by atoms with Crippen molar-refractivity contribution < 1.29 is 28.2 Å². The van der Waals surface area contributed by atoms with Crippen molar-refractivity contribution in [3.8, 4) is 11.5 Å². The van der Waals surface area contributed by atoms with Crippen LogP contribution >= 0.6 is 0 Å². The molecule has 1 aromatic heterocycles. The number of carbonyl (C=O) groups is 2. The summed E-state index contributed by atoms with van der Waals surface area (Å²) >= 11 is 0. The highest BCUT2D eigenvalue weighted by molar-refractivity contribution is 6.05. The van der Waals surface area contributed by atoms with E-state index in [2.05, 4.69) is 5.32 Å². The van der Waals surface area contributed by atoms with Gasteiger partial charge in [-0.05, 0) is 41.5 Å². The van der Waals surface area contributed by atoms with Gasteiger partial charge in [-0.3, -0.25) is 0 Å². The lowest BCUT2D eigenvalue weighted by Crippen LogP contribution is -2.36. The zero-order valence-electron chi connectivity index (χ0n) is 20.4. The summed E-state index contributed by atoms with van der Waals surface area (Å²) in [4.78, 5) is 38.3. The maximum atomic E-state index is 13.2. The maximum absolute atomic E-state index is 13.2. The molecule has 38 heavy (non-hydrogen) atoms. The molecule has 4 aromatic carbocycles. The second-order valence-electron chi connectivity index (χ2n) is 8.43. The van der Waals surface area contributed by atoms with Crippen molar-refractivity contribution in [2.75, 3.05) is 7.11 Å². The van der Waals surface area contributed by atoms with Crippen molar-refractivity contribution in [3.63, 3.8) is 0 Å². The van der Waals surface area contributed by atoms with Gasteiger partial charge in [-0.2, -0.15) is 0 Å². The minimum absolute atomic E-state index is 0.0484. The van der Waals surface area contributed by atoms with Gasteiger partial charge >= 0.3 is 17.7 Å². The maximum Gasteiger partial charge on any atom is 0.408 e. The molecule has 0 aliphatic carbocycles. The second kappa shape index (κ2) is 10.9. The lowest BCUT2D eigenvalue weighted by molar-refractivity contribution is -0.136. The van der Waals surface area contributed by atoms with Crippen molar-refractivity contribution in [1.29, 1.82) is 0 Å². The van der Waals surface area contributed by atoms with E-state index in [1.807, 2.05) is 30.3 Å². The fourth-order valence-corrected chi connectivity index (χ4v) is 4.06. The van der Waals surface area contributed by atoms with Crippen molar-refractivity contribution >= 4 is 33.8 Å². The predicted molar refractivity (Wildman–Crippen MR) is 141 cm³/mol. The third-order valence-corrected chi connectivity index (χ3v) is 5.95. The highest BCUT2D eigenvalue weighted by Gasteiger charge is 2.26. The Balaban J connectivity index is 1.38. The molecule has 5 aromatic rings. The van der Waals surface area contributed by atoms with Gasteiger partial charge in [-0.1, -0.05) is 60.7 Å². The van der Waals surface area contributed by atoms with Crippen LogP contribution in [-0.4, -0.2) is 19.2 Å². The van der Waals surface area contributed by atoms with Crippen LogP contribution in [-0.2, 0) is 16.1 Å². The first-order valence-corrected chi connectivity index (χ1v) is 11.8. The highest BCUT2D eigenvalue weighted by atomic mass is 16.6. The van der Waals surface area contributed by atoms with Crippen LogP contribution in [0.5, 0.6) is 11.5 Å². The number of hydrogen-bond donors (Lipinski definition) is 1. The van der Waals surface area contributed by atoms with E-state index in [0.717, 1.165) is 5.56 Å². The van der Waals surface area contributed by atoms with Crippen LogP contribution in [0.2, 0.25) is 0 Å². The topological polar surface area (TPSA) is 104 Å². The predicted octanol–water partition coefficient (Wildman–Crippen LogP) is 5.53. The van der Waals surface area contributed by atoms with Crippen molar-refractivity contribution in [1.82, 2.24) is 5.32 Å². The Kier molecular flexibility index (Phi) is 7.04. The number of amides is 1. The van der Waals surface area contributed by atoms with Crippen LogP contribution in [0, 0.1) is 0 Å². The number of ether oxygens (including phenoxy) is 3. The highest BCUT2D eigenvalue weighted by Crippen LogP contribution is 2.29. The number of alkyl carbamates (subject to hydrolysis) is 1. The summed E-state index contributed by atoms with van der Waals surface area (Å²) in [5.74, 6) is -0.0459. The Morgan fingerprint density at radius 3 is 2.24 bits per heavy atom.